The van der Waals surface area contributed by atoms with Gasteiger partial charge in [0, 0.05) is 12.0 Å². The molecule has 1 rings (SSSR count). The SMILES string of the molecule is CN[C@@H](C)[C@@H](c1ccccc1)C(C)(C)C. The average molecular weight is 205 g/mol. The quantitative estimate of drug-likeness (QED) is 0.797. The molecule has 0 aliphatic rings. The van der Waals surface area contributed by atoms with Crippen LogP contribution in [0.5, 0.6) is 0 Å². The van der Waals surface area contributed by atoms with Gasteiger partial charge in [-0.15, -0.1) is 0 Å². The highest BCUT2D eigenvalue weighted by molar-refractivity contribution is 5.23. The van der Waals surface area contributed by atoms with Crippen LogP contribution in [0, 0.1) is 5.41 Å². The monoisotopic (exact) mass is 205 g/mol. The largest absolute Gasteiger partial charge is 0.317 e. The van der Waals surface area contributed by atoms with Gasteiger partial charge in [-0.1, -0.05) is 51.1 Å². The molecule has 0 saturated heterocycles. The molecule has 0 aliphatic carbocycles. The summed E-state index contributed by atoms with van der Waals surface area (Å²) < 4.78 is 0. The van der Waals surface area contributed by atoms with Gasteiger partial charge >= 0.3 is 0 Å². The standard InChI is InChI=1S/C14H23N/c1-11(15-5)13(14(2,3)4)12-9-7-6-8-10-12/h6-11,13,15H,1-5H3/t11-,13-/m0/s1. The molecule has 1 N–H and O–H groups in total. The Morgan fingerprint density at radius 2 is 1.60 bits per heavy atom. The third-order valence-corrected chi connectivity index (χ3v) is 3.05. The molecule has 0 radical (unpaired) electrons. The molecule has 15 heavy (non-hydrogen) atoms. The van der Waals surface area contributed by atoms with E-state index in [0.717, 1.165) is 0 Å². The van der Waals surface area contributed by atoms with Crippen molar-refractivity contribution in [3.63, 3.8) is 0 Å². The van der Waals surface area contributed by atoms with Gasteiger partial charge in [0.25, 0.3) is 0 Å². The highest BCUT2D eigenvalue weighted by Crippen LogP contribution is 2.37. The van der Waals surface area contributed by atoms with Crippen molar-refractivity contribution in [2.24, 2.45) is 5.41 Å². The lowest BCUT2D eigenvalue weighted by molar-refractivity contribution is 0.269. The molecular formula is C14H23N. The summed E-state index contributed by atoms with van der Waals surface area (Å²) in [5.41, 5.74) is 1.70. The summed E-state index contributed by atoms with van der Waals surface area (Å²) in [6, 6.07) is 11.3. The van der Waals surface area contributed by atoms with Crippen molar-refractivity contribution in [1.82, 2.24) is 5.32 Å². The van der Waals surface area contributed by atoms with Crippen molar-refractivity contribution in [1.29, 1.82) is 0 Å². The first-order valence-corrected chi connectivity index (χ1v) is 5.69. The van der Waals surface area contributed by atoms with Gasteiger partial charge in [0.15, 0.2) is 0 Å². The van der Waals surface area contributed by atoms with E-state index in [1.54, 1.807) is 0 Å². The van der Waals surface area contributed by atoms with Crippen LogP contribution in [0.4, 0.5) is 0 Å². The Morgan fingerprint density at radius 1 is 1.07 bits per heavy atom. The van der Waals surface area contributed by atoms with Crippen molar-refractivity contribution in [3.8, 4) is 0 Å². The number of likely N-dealkylation sites (N-methyl/N-ethyl adjacent to an activating group) is 1. The predicted molar refractivity (Wildman–Crippen MR) is 67.2 cm³/mol. The minimum atomic E-state index is 0.282. The van der Waals surface area contributed by atoms with Crippen molar-refractivity contribution < 1.29 is 0 Å². The van der Waals surface area contributed by atoms with Crippen LogP contribution in [0.1, 0.15) is 39.2 Å². The second-order valence-electron chi connectivity index (χ2n) is 5.33. The Kier molecular flexibility index (Phi) is 3.92. The third-order valence-electron chi connectivity index (χ3n) is 3.05. The maximum Gasteiger partial charge on any atom is 0.0109 e. The number of hydrogen-bond donors (Lipinski definition) is 1. The maximum absolute atomic E-state index is 3.37. The van der Waals surface area contributed by atoms with Gasteiger partial charge in [0.1, 0.15) is 0 Å². The van der Waals surface area contributed by atoms with E-state index in [9.17, 15) is 0 Å². The first-order chi connectivity index (χ1) is 6.96. The van der Waals surface area contributed by atoms with E-state index < -0.39 is 0 Å². The minimum absolute atomic E-state index is 0.282. The smallest absolute Gasteiger partial charge is 0.0109 e. The Morgan fingerprint density at radius 3 is 2.00 bits per heavy atom. The van der Waals surface area contributed by atoms with Gasteiger partial charge < -0.3 is 5.32 Å². The number of nitrogens with one attached hydrogen (secondary N) is 1. The van der Waals surface area contributed by atoms with Crippen LogP contribution in [-0.4, -0.2) is 13.1 Å². The normalized spacial score (nSPS) is 16.1. The third kappa shape index (κ3) is 3.07. The van der Waals surface area contributed by atoms with E-state index in [0.29, 0.717) is 12.0 Å². The van der Waals surface area contributed by atoms with Crippen LogP contribution in [0.25, 0.3) is 0 Å². The zero-order chi connectivity index (χ0) is 11.5. The first kappa shape index (κ1) is 12.3. The van der Waals surface area contributed by atoms with E-state index in [1.165, 1.54) is 5.56 Å². The Bertz CT molecular complexity index is 284. The summed E-state index contributed by atoms with van der Waals surface area (Å²) in [6.07, 6.45) is 0. The van der Waals surface area contributed by atoms with E-state index in [1.807, 2.05) is 7.05 Å². The van der Waals surface area contributed by atoms with Crippen LogP contribution >= 0.6 is 0 Å². The van der Waals surface area contributed by atoms with Crippen LogP contribution in [0.15, 0.2) is 30.3 Å². The lowest BCUT2D eigenvalue weighted by Crippen LogP contribution is -2.36. The summed E-state index contributed by atoms with van der Waals surface area (Å²) in [5.74, 6) is 0.545. The van der Waals surface area contributed by atoms with Crippen LogP contribution in [0.2, 0.25) is 0 Å². The molecule has 1 aromatic rings. The fraction of sp³-hybridized carbons (Fsp3) is 0.571. The number of hydrogen-bond acceptors (Lipinski definition) is 1. The second-order valence-corrected chi connectivity index (χ2v) is 5.33. The summed E-state index contributed by atoms with van der Waals surface area (Å²) in [4.78, 5) is 0. The van der Waals surface area contributed by atoms with Gasteiger partial charge in [-0.2, -0.15) is 0 Å². The predicted octanol–water partition coefficient (Wildman–Crippen LogP) is 3.42. The minimum Gasteiger partial charge on any atom is -0.317 e. The maximum atomic E-state index is 3.37. The van der Waals surface area contributed by atoms with Gasteiger partial charge in [-0.25, -0.2) is 0 Å². The number of benzene rings is 1. The van der Waals surface area contributed by atoms with E-state index >= 15 is 0 Å². The lowest BCUT2D eigenvalue weighted by Gasteiger charge is -2.35. The molecule has 1 heteroatoms. The van der Waals surface area contributed by atoms with Crippen molar-refractivity contribution in [3.05, 3.63) is 35.9 Å². The van der Waals surface area contributed by atoms with Gasteiger partial charge in [0.2, 0.25) is 0 Å². The van der Waals surface area contributed by atoms with E-state index in [-0.39, 0.29) is 5.41 Å². The second kappa shape index (κ2) is 4.80. The molecule has 2 atom stereocenters. The molecule has 0 saturated carbocycles. The fourth-order valence-corrected chi connectivity index (χ4v) is 2.37. The highest BCUT2D eigenvalue weighted by Gasteiger charge is 2.30. The Labute approximate surface area is 93.9 Å². The molecule has 0 fully saturated rings. The molecule has 0 heterocycles. The van der Waals surface area contributed by atoms with Crippen molar-refractivity contribution >= 4 is 0 Å². The summed E-state index contributed by atoms with van der Waals surface area (Å²) in [6.45, 7) is 9.17. The first-order valence-electron chi connectivity index (χ1n) is 5.69. The number of rotatable bonds is 3. The van der Waals surface area contributed by atoms with E-state index in [4.69, 9.17) is 0 Å². The molecule has 1 nitrogen and oxygen atoms in total. The molecule has 0 aromatic heterocycles. The van der Waals surface area contributed by atoms with Crippen LogP contribution in [-0.2, 0) is 0 Å². The van der Waals surface area contributed by atoms with Gasteiger partial charge in [0.05, 0.1) is 0 Å². The van der Waals surface area contributed by atoms with Crippen LogP contribution < -0.4 is 5.32 Å². The van der Waals surface area contributed by atoms with Crippen molar-refractivity contribution in [2.75, 3.05) is 7.05 Å². The summed E-state index contributed by atoms with van der Waals surface area (Å²) >= 11 is 0. The molecule has 0 spiro atoms. The fourth-order valence-electron chi connectivity index (χ4n) is 2.37. The molecule has 0 amide bonds. The average Bonchev–Trinajstić information content (AvgIpc) is 2.17. The highest BCUT2D eigenvalue weighted by atomic mass is 14.9. The molecule has 0 bridgehead atoms. The lowest BCUT2D eigenvalue weighted by atomic mass is 9.73. The molecule has 0 unspecified atom stereocenters. The zero-order valence-electron chi connectivity index (χ0n) is 10.5. The van der Waals surface area contributed by atoms with Gasteiger partial charge in [-0.05, 0) is 24.9 Å². The Balaban J connectivity index is 3.02. The van der Waals surface area contributed by atoms with Gasteiger partial charge in [-0.3, -0.25) is 0 Å². The molecular weight excluding hydrogens is 182 g/mol. The topological polar surface area (TPSA) is 12.0 Å². The molecule has 0 aliphatic heterocycles. The van der Waals surface area contributed by atoms with E-state index in [2.05, 4.69) is 63.3 Å². The summed E-state index contributed by atoms with van der Waals surface area (Å²) in [7, 11) is 2.03. The Hall–Kier alpha value is -0.820. The van der Waals surface area contributed by atoms with Crippen molar-refractivity contribution in [2.45, 2.75) is 39.7 Å². The summed E-state index contributed by atoms with van der Waals surface area (Å²) in [5, 5.41) is 3.37. The zero-order valence-corrected chi connectivity index (χ0v) is 10.5. The molecule has 84 valence electrons. The molecule has 1 aromatic carbocycles. The van der Waals surface area contributed by atoms with Crippen LogP contribution in [0.3, 0.4) is 0 Å².